The fraction of sp³-hybridized carbons (Fsp3) is 0.318. The Hall–Kier alpha value is -3.13. The second-order valence-electron chi connectivity index (χ2n) is 7.21. The molecule has 0 bridgehead atoms. The summed E-state index contributed by atoms with van der Waals surface area (Å²) in [7, 11) is 0. The van der Waals surface area contributed by atoms with Crippen molar-refractivity contribution in [3.05, 3.63) is 44.7 Å². The number of amides is 1. The van der Waals surface area contributed by atoms with Crippen molar-refractivity contribution in [2.75, 3.05) is 5.32 Å². The van der Waals surface area contributed by atoms with Crippen LogP contribution in [0.3, 0.4) is 0 Å². The number of hydrogen-bond donors (Lipinski definition) is 2. The van der Waals surface area contributed by atoms with Crippen LogP contribution in [0.5, 0.6) is 0 Å². The van der Waals surface area contributed by atoms with E-state index in [4.69, 9.17) is 34.4 Å². The molecule has 2 rings (SSSR count). The molecule has 1 aromatic carbocycles. The quantitative estimate of drug-likeness (QED) is 0.481. The third-order valence-corrected chi connectivity index (χ3v) is 5.43. The smallest absolute Gasteiger partial charge is 0.322 e. The number of aromatic nitrogens is 2. The van der Waals surface area contributed by atoms with Gasteiger partial charge in [0.05, 0.1) is 16.6 Å². The molecule has 0 spiro atoms. The number of nitrogens with one attached hydrogen (secondary N) is 2. The molecule has 2 atom stereocenters. The van der Waals surface area contributed by atoms with Crippen molar-refractivity contribution in [3.8, 4) is 30.1 Å². The van der Waals surface area contributed by atoms with Crippen LogP contribution >= 0.6 is 23.2 Å². The van der Waals surface area contributed by atoms with Gasteiger partial charge < -0.3 is 10.1 Å². The van der Waals surface area contributed by atoms with E-state index < -0.39 is 22.9 Å². The van der Waals surface area contributed by atoms with Crippen molar-refractivity contribution in [3.63, 3.8) is 0 Å². The van der Waals surface area contributed by atoms with E-state index in [1.54, 1.807) is 26.0 Å². The summed E-state index contributed by atoms with van der Waals surface area (Å²) >= 11 is 12.1. The SMILES string of the molecule is C#CC#COC(=O)C(C)CC(C)(CC)C(=O)Nc1cc(=O)n(-c2cc(Cl)ccc2Cl)[nH]1. The Balaban J connectivity index is 2.19. The number of benzene rings is 1. The predicted octanol–water partition coefficient (Wildman–Crippen LogP) is 3.99. The van der Waals surface area contributed by atoms with Gasteiger partial charge in [0, 0.05) is 22.4 Å². The normalized spacial score (nSPS) is 13.2. The zero-order chi connectivity index (χ0) is 23.2. The highest BCUT2D eigenvalue weighted by Crippen LogP contribution is 2.32. The van der Waals surface area contributed by atoms with E-state index in [-0.39, 0.29) is 18.1 Å². The summed E-state index contributed by atoms with van der Waals surface area (Å²) in [5, 5.41) is 6.21. The monoisotopic (exact) mass is 461 g/mol. The van der Waals surface area contributed by atoms with E-state index in [1.807, 2.05) is 12.8 Å². The molecule has 2 aromatic rings. The van der Waals surface area contributed by atoms with Crippen molar-refractivity contribution in [2.45, 2.75) is 33.6 Å². The van der Waals surface area contributed by atoms with Crippen molar-refractivity contribution < 1.29 is 14.3 Å². The van der Waals surface area contributed by atoms with Crippen LogP contribution in [0.25, 0.3) is 5.69 Å². The molecule has 0 aliphatic rings. The standard InChI is InChI=1S/C22H21Cl2N3O4/c1-5-7-10-31-20(29)14(3)13-22(4,6-2)21(30)25-18-12-19(28)27(26-18)17-11-15(23)8-9-16(17)24/h1,8-9,11-12,14,26H,6,13H2,2-4H3,(H,25,30). The first-order chi connectivity index (χ1) is 14.6. The molecule has 162 valence electrons. The summed E-state index contributed by atoms with van der Waals surface area (Å²) in [6, 6.07) is 5.92. The molecular formula is C22H21Cl2N3O4. The number of anilines is 1. The second kappa shape index (κ2) is 10.3. The molecule has 0 fully saturated rings. The number of hydrogen-bond acceptors (Lipinski definition) is 4. The minimum atomic E-state index is -0.912. The van der Waals surface area contributed by atoms with Gasteiger partial charge >= 0.3 is 5.97 Å². The Labute approximate surface area is 190 Å². The number of halogens is 2. The number of aromatic amines is 1. The van der Waals surface area contributed by atoms with E-state index in [0.717, 1.165) is 0 Å². The van der Waals surface area contributed by atoms with Gasteiger partial charge in [0.1, 0.15) is 11.9 Å². The lowest BCUT2D eigenvalue weighted by Gasteiger charge is -2.28. The first-order valence-electron chi connectivity index (χ1n) is 9.36. The number of H-pyrrole nitrogens is 1. The second-order valence-corrected chi connectivity index (χ2v) is 8.05. The summed E-state index contributed by atoms with van der Waals surface area (Å²) in [4.78, 5) is 37.4. The van der Waals surface area contributed by atoms with Crippen LogP contribution in [-0.2, 0) is 14.3 Å². The van der Waals surface area contributed by atoms with Crippen molar-refractivity contribution >= 4 is 40.9 Å². The first kappa shape index (κ1) is 24.1. The van der Waals surface area contributed by atoms with E-state index in [2.05, 4.69) is 22.4 Å². The fourth-order valence-electron chi connectivity index (χ4n) is 2.93. The summed E-state index contributed by atoms with van der Waals surface area (Å²) in [6.07, 6.45) is 7.75. The third kappa shape index (κ3) is 5.95. The molecule has 0 saturated heterocycles. The molecule has 1 aromatic heterocycles. The molecule has 2 unspecified atom stereocenters. The molecule has 1 heterocycles. The Bertz CT molecular complexity index is 1150. The topological polar surface area (TPSA) is 93.2 Å². The zero-order valence-corrected chi connectivity index (χ0v) is 18.7. The molecule has 7 nitrogen and oxygen atoms in total. The first-order valence-corrected chi connectivity index (χ1v) is 10.1. The van der Waals surface area contributed by atoms with Gasteiger partial charge in [-0.2, -0.15) is 0 Å². The van der Waals surface area contributed by atoms with Gasteiger partial charge in [-0.15, -0.1) is 6.42 Å². The minimum absolute atomic E-state index is 0.181. The van der Waals surface area contributed by atoms with Gasteiger partial charge in [-0.1, -0.05) is 44.0 Å². The van der Waals surface area contributed by atoms with Crippen molar-refractivity contribution in [1.29, 1.82) is 0 Å². The Morgan fingerprint density at radius 3 is 2.71 bits per heavy atom. The van der Waals surface area contributed by atoms with Gasteiger partial charge in [-0.05, 0) is 37.0 Å². The molecule has 2 N–H and O–H groups in total. The van der Waals surface area contributed by atoms with E-state index in [0.29, 0.717) is 22.2 Å². The lowest BCUT2D eigenvalue weighted by atomic mass is 9.78. The van der Waals surface area contributed by atoms with Gasteiger partial charge in [0.25, 0.3) is 5.56 Å². The zero-order valence-electron chi connectivity index (χ0n) is 17.2. The summed E-state index contributed by atoms with van der Waals surface area (Å²) in [5.74, 6) is 2.88. The lowest BCUT2D eigenvalue weighted by molar-refractivity contribution is -0.142. The highest BCUT2D eigenvalue weighted by molar-refractivity contribution is 6.34. The lowest BCUT2D eigenvalue weighted by Crippen LogP contribution is -2.36. The van der Waals surface area contributed by atoms with Crippen LogP contribution in [0, 0.1) is 35.7 Å². The number of ether oxygens (including phenoxy) is 1. The Kier molecular flexibility index (Phi) is 7.99. The van der Waals surface area contributed by atoms with Crippen LogP contribution in [0.15, 0.2) is 29.1 Å². The van der Waals surface area contributed by atoms with Crippen LogP contribution in [-0.4, -0.2) is 21.7 Å². The van der Waals surface area contributed by atoms with Gasteiger partial charge in [0.2, 0.25) is 5.91 Å². The van der Waals surface area contributed by atoms with Crippen LogP contribution in [0.1, 0.15) is 33.6 Å². The molecular weight excluding hydrogens is 441 g/mol. The Morgan fingerprint density at radius 2 is 2.06 bits per heavy atom. The summed E-state index contributed by atoms with van der Waals surface area (Å²) < 4.78 is 5.95. The highest BCUT2D eigenvalue weighted by atomic mass is 35.5. The predicted molar refractivity (Wildman–Crippen MR) is 120 cm³/mol. The maximum atomic E-state index is 13.0. The largest absolute Gasteiger partial charge is 0.371 e. The molecule has 9 heteroatoms. The highest BCUT2D eigenvalue weighted by Gasteiger charge is 2.35. The van der Waals surface area contributed by atoms with Crippen molar-refractivity contribution in [2.24, 2.45) is 11.3 Å². The number of carbonyl (C=O) groups excluding carboxylic acids is 2. The average Bonchev–Trinajstić information content (AvgIpc) is 3.09. The molecule has 31 heavy (non-hydrogen) atoms. The number of terminal acetylenes is 1. The molecule has 1 amide bonds. The fourth-order valence-corrected chi connectivity index (χ4v) is 3.30. The van der Waals surface area contributed by atoms with Crippen LogP contribution in [0.2, 0.25) is 10.0 Å². The number of esters is 1. The van der Waals surface area contributed by atoms with Gasteiger partial charge in [-0.25, -0.2) is 4.68 Å². The molecule has 0 aliphatic heterocycles. The Morgan fingerprint density at radius 1 is 1.35 bits per heavy atom. The van der Waals surface area contributed by atoms with E-state index in [9.17, 15) is 14.4 Å². The third-order valence-electron chi connectivity index (χ3n) is 4.88. The average molecular weight is 462 g/mol. The summed E-state index contributed by atoms with van der Waals surface area (Å²) in [6.45, 7) is 5.19. The molecule has 0 aliphatic carbocycles. The van der Waals surface area contributed by atoms with Gasteiger partial charge in [0.15, 0.2) is 0 Å². The van der Waals surface area contributed by atoms with Crippen molar-refractivity contribution in [1.82, 2.24) is 9.78 Å². The molecule has 0 radical (unpaired) electrons. The van der Waals surface area contributed by atoms with E-state index in [1.165, 1.54) is 16.8 Å². The van der Waals surface area contributed by atoms with Crippen LogP contribution < -0.4 is 10.9 Å². The number of carbonyl (C=O) groups is 2. The summed E-state index contributed by atoms with van der Waals surface area (Å²) in [5.41, 5.74) is -0.992. The number of rotatable bonds is 7. The minimum Gasteiger partial charge on any atom is -0.371 e. The van der Waals surface area contributed by atoms with Gasteiger partial charge in [-0.3, -0.25) is 19.5 Å². The van der Waals surface area contributed by atoms with Crippen LogP contribution in [0.4, 0.5) is 5.82 Å². The molecule has 0 saturated carbocycles. The maximum absolute atomic E-state index is 13.0. The number of nitrogens with zero attached hydrogens (tertiary/aromatic N) is 1. The van der Waals surface area contributed by atoms with E-state index >= 15 is 0 Å². The maximum Gasteiger partial charge on any atom is 0.322 e.